The monoisotopic (exact) mass is 453 g/mol. The lowest BCUT2D eigenvalue weighted by Crippen LogP contribution is -2.59. The summed E-state index contributed by atoms with van der Waals surface area (Å²) in [4.78, 5) is 39.5. The number of ether oxygens (including phenoxy) is 1. The van der Waals surface area contributed by atoms with Crippen molar-refractivity contribution in [2.75, 3.05) is 5.32 Å². The average molecular weight is 453 g/mol. The molecule has 3 aromatic carbocycles. The molecule has 6 rings (SSSR count). The van der Waals surface area contributed by atoms with Crippen molar-refractivity contribution in [3.63, 3.8) is 0 Å². The van der Waals surface area contributed by atoms with Gasteiger partial charge in [0.15, 0.2) is 5.60 Å². The van der Waals surface area contributed by atoms with Gasteiger partial charge in [0.25, 0.3) is 0 Å². The van der Waals surface area contributed by atoms with Gasteiger partial charge in [-0.3, -0.25) is 9.59 Å². The van der Waals surface area contributed by atoms with Crippen molar-refractivity contribution < 1.29 is 24.2 Å². The zero-order chi connectivity index (χ0) is 24.0. The van der Waals surface area contributed by atoms with Gasteiger partial charge in [-0.15, -0.1) is 0 Å². The summed E-state index contributed by atoms with van der Waals surface area (Å²) in [7, 11) is 0. The molecule has 0 aliphatic heterocycles. The molecule has 0 saturated heterocycles. The molecule has 34 heavy (non-hydrogen) atoms. The highest BCUT2D eigenvalue weighted by atomic mass is 16.6. The van der Waals surface area contributed by atoms with Crippen molar-refractivity contribution in [1.82, 2.24) is 0 Å². The summed E-state index contributed by atoms with van der Waals surface area (Å²) in [5, 5.41) is 13.4. The maximum absolute atomic E-state index is 13.7. The zero-order valence-electron chi connectivity index (χ0n) is 18.5. The fraction of sp³-hybridized carbons (Fsp3) is 0.179. The molecule has 6 heteroatoms. The molecular weight excluding hydrogens is 430 g/mol. The van der Waals surface area contributed by atoms with Crippen LogP contribution in [-0.2, 0) is 24.7 Å². The lowest BCUT2D eigenvalue weighted by Gasteiger charge is -2.54. The Hall–Kier alpha value is -4.19. The number of fused-ring (bicyclic) bond motifs is 1. The van der Waals surface area contributed by atoms with Crippen LogP contribution in [-0.4, -0.2) is 23.0 Å². The number of amides is 1. The van der Waals surface area contributed by atoms with Gasteiger partial charge in [-0.25, -0.2) is 4.79 Å². The first-order valence-electron chi connectivity index (χ1n) is 11.0. The minimum atomic E-state index is -1.68. The van der Waals surface area contributed by atoms with Gasteiger partial charge < -0.3 is 15.2 Å². The van der Waals surface area contributed by atoms with E-state index >= 15 is 0 Å². The highest BCUT2D eigenvalue weighted by Crippen LogP contribution is 2.62. The van der Waals surface area contributed by atoms with Crippen LogP contribution in [0.2, 0.25) is 0 Å². The SMILES string of the molecule is C=C(C)C(=O)OC12c3ccccc3C(c3ccccc31)C(C(=O)Nc1ccccc1)C2C(=O)O. The summed E-state index contributed by atoms with van der Waals surface area (Å²) >= 11 is 0. The van der Waals surface area contributed by atoms with Crippen LogP contribution in [0.4, 0.5) is 5.69 Å². The van der Waals surface area contributed by atoms with Crippen molar-refractivity contribution in [3.8, 4) is 0 Å². The lowest BCUT2D eigenvalue weighted by molar-refractivity contribution is -0.177. The van der Waals surface area contributed by atoms with Crippen LogP contribution in [0.1, 0.15) is 35.1 Å². The summed E-state index contributed by atoms with van der Waals surface area (Å²) in [6.07, 6.45) is 0. The minimum Gasteiger partial charge on any atom is -0.481 e. The quantitative estimate of drug-likeness (QED) is 0.439. The third kappa shape index (κ3) is 3.06. The molecule has 0 radical (unpaired) electrons. The fourth-order valence-electron chi connectivity index (χ4n) is 5.48. The number of para-hydroxylation sites is 1. The summed E-state index contributed by atoms with van der Waals surface area (Å²) in [5.41, 5.74) is 1.76. The minimum absolute atomic E-state index is 0.145. The first kappa shape index (κ1) is 21.6. The van der Waals surface area contributed by atoms with Gasteiger partial charge >= 0.3 is 11.9 Å². The molecule has 1 amide bonds. The Labute approximate surface area is 196 Å². The van der Waals surface area contributed by atoms with E-state index < -0.39 is 41.2 Å². The van der Waals surface area contributed by atoms with Crippen molar-refractivity contribution in [3.05, 3.63) is 113 Å². The van der Waals surface area contributed by atoms with E-state index in [1.165, 1.54) is 6.92 Å². The predicted octanol–water partition coefficient (Wildman–Crippen LogP) is 4.46. The van der Waals surface area contributed by atoms with E-state index in [1.54, 1.807) is 48.5 Å². The Morgan fingerprint density at radius 2 is 1.41 bits per heavy atom. The third-order valence-corrected chi connectivity index (χ3v) is 6.76. The highest BCUT2D eigenvalue weighted by Gasteiger charge is 2.66. The van der Waals surface area contributed by atoms with E-state index in [0.29, 0.717) is 16.8 Å². The second kappa shape index (κ2) is 7.99. The van der Waals surface area contributed by atoms with Crippen molar-refractivity contribution >= 4 is 23.5 Å². The molecule has 3 aliphatic rings. The first-order chi connectivity index (χ1) is 16.4. The Balaban J connectivity index is 1.78. The molecule has 3 aromatic rings. The van der Waals surface area contributed by atoms with Crippen LogP contribution in [0, 0.1) is 11.8 Å². The largest absolute Gasteiger partial charge is 0.481 e. The van der Waals surface area contributed by atoms with Crippen molar-refractivity contribution in [2.45, 2.75) is 18.4 Å². The van der Waals surface area contributed by atoms with E-state index in [9.17, 15) is 19.5 Å². The molecule has 2 bridgehead atoms. The molecule has 2 atom stereocenters. The van der Waals surface area contributed by atoms with Crippen LogP contribution < -0.4 is 5.32 Å². The summed E-state index contributed by atoms with van der Waals surface area (Å²) in [6, 6.07) is 23.5. The number of carboxylic acid groups (broad SMARTS) is 1. The molecule has 2 N–H and O–H groups in total. The number of hydrogen-bond acceptors (Lipinski definition) is 4. The fourth-order valence-corrected chi connectivity index (χ4v) is 5.48. The summed E-state index contributed by atoms with van der Waals surface area (Å²) in [6.45, 7) is 5.20. The molecular formula is C28H23NO5. The van der Waals surface area contributed by atoms with Gasteiger partial charge in [0.2, 0.25) is 5.91 Å². The molecule has 2 unspecified atom stereocenters. The van der Waals surface area contributed by atoms with E-state index in [-0.39, 0.29) is 5.57 Å². The molecule has 6 nitrogen and oxygen atoms in total. The molecule has 0 heterocycles. The van der Waals surface area contributed by atoms with Crippen LogP contribution in [0.25, 0.3) is 0 Å². The van der Waals surface area contributed by atoms with Gasteiger partial charge in [-0.05, 0) is 30.2 Å². The number of carbonyl (C=O) groups excluding carboxylic acids is 2. The van der Waals surface area contributed by atoms with Crippen molar-refractivity contribution in [2.24, 2.45) is 11.8 Å². The lowest BCUT2D eigenvalue weighted by atomic mass is 9.51. The number of nitrogens with one attached hydrogen (secondary N) is 1. The van der Waals surface area contributed by atoms with E-state index in [0.717, 1.165) is 11.1 Å². The van der Waals surface area contributed by atoms with Gasteiger partial charge in [0, 0.05) is 28.3 Å². The number of hydrogen-bond donors (Lipinski definition) is 2. The smallest absolute Gasteiger partial charge is 0.334 e. The summed E-state index contributed by atoms with van der Waals surface area (Å²) in [5.74, 6) is -5.23. The van der Waals surface area contributed by atoms with Crippen molar-refractivity contribution in [1.29, 1.82) is 0 Å². The van der Waals surface area contributed by atoms with E-state index in [4.69, 9.17) is 4.74 Å². The Bertz CT molecular complexity index is 1280. The topological polar surface area (TPSA) is 92.7 Å². The van der Waals surface area contributed by atoms with Gasteiger partial charge in [0.05, 0.1) is 5.92 Å². The molecule has 0 fully saturated rings. The maximum atomic E-state index is 13.7. The first-order valence-corrected chi connectivity index (χ1v) is 11.0. The van der Waals surface area contributed by atoms with E-state index in [2.05, 4.69) is 11.9 Å². The number of aliphatic carboxylic acids is 1. The number of benzene rings is 3. The molecule has 3 aliphatic carbocycles. The van der Waals surface area contributed by atoms with E-state index in [1.807, 2.05) is 30.3 Å². The molecule has 170 valence electrons. The van der Waals surface area contributed by atoms with Gasteiger partial charge in [0.1, 0.15) is 5.92 Å². The van der Waals surface area contributed by atoms with Crippen LogP contribution in [0.3, 0.4) is 0 Å². The number of carbonyl (C=O) groups is 3. The highest BCUT2D eigenvalue weighted by molar-refractivity contribution is 5.99. The molecule has 0 aromatic heterocycles. The Morgan fingerprint density at radius 3 is 1.94 bits per heavy atom. The number of rotatable bonds is 5. The number of anilines is 1. The predicted molar refractivity (Wildman–Crippen MR) is 126 cm³/mol. The standard InChI is InChI=1S/C28H23NO5/c1-16(2)27(33)34-28-20-14-8-6-12-18(20)22(19-13-7-9-15-21(19)28)23(24(28)26(31)32)25(30)29-17-10-4-3-5-11-17/h3-15,22-24H,1H2,2H3,(H,29,30)(H,31,32). The van der Waals surface area contributed by atoms with Gasteiger partial charge in [-0.2, -0.15) is 0 Å². The zero-order valence-corrected chi connectivity index (χ0v) is 18.5. The number of carboxylic acids is 1. The second-order valence-corrected chi connectivity index (χ2v) is 8.75. The Morgan fingerprint density at radius 1 is 0.882 bits per heavy atom. The van der Waals surface area contributed by atoms with Crippen LogP contribution in [0.5, 0.6) is 0 Å². The van der Waals surface area contributed by atoms with Gasteiger partial charge in [-0.1, -0.05) is 73.3 Å². The Kier molecular flexibility index (Phi) is 5.09. The molecule has 0 saturated carbocycles. The maximum Gasteiger partial charge on any atom is 0.334 e. The van der Waals surface area contributed by atoms with Crippen LogP contribution in [0.15, 0.2) is 91.0 Å². The molecule has 0 spiro atoms. The van der Waals surface area contributed by atoms with Crippen LogP contribution >= 0.6 is 0 Å². The summed E-state index contributed by atoms with van der Waals surface area (Å²) < 4.78 is 6.09. The third-order valence-electron chi connectivity index (χ3n) is 6.76. The normalized spacial score (nSPS) is 23.9. The number of esters is 1. The average Bonchev–Trinajstić information content (AvgIpc) is 2.84. The second-order valence-electron chi connectivity index (χ2n) is 8.75.